The van der Waals surface area contributed by atoms with Crippen molar-refractivity contribution >= 4 is 11.8 Å². The van der Waals surface area contributed by atoms with Gasteiger partial charge in [-0.1, -0.05) is 6.07 Å². The average Bonchev–Trinajstić information content (AvgIpc) is 3.28. The maximum Gasteiger partial charge on any atom is 0.251 e. The fraction of sp³-hybridized carbons (Fsp3) is 0.368. The predicted octanol–water partition coefficient (Wildman–Crippen LogP) is 2.53. The zero-order valence-electron chi connectivity index (χ0n) is 14.0. The lowest BCUT2D eigenvalue weighted by molar-refractivity contribution is -0.129. The lowest BCUT2D eigenvalue weighted by Crippen LogP contribution is -2.32. The molecule has 1 aromatic carbocycles. The number of nitrogens with one attached hydrogen (secondary N) is 1. The summed E-state index contributed by atoms with van der Waals surface area (Å²) in [5, 5.41) is 2.85. The van der Waals surface area contributed by atoms with E-state index < -0.39 is 0 Å². The highest BCUT2D eigenvalue weighted by Crippen LogP contribution is 2.16. The van der Waals surface area contributed by atoms with Gasteiger partial charge in [-0.2, -0.15) is 0 Å². The first kappa shape index (κ1) is 16.3. The summed E-state index contributed by atoms with van der Waals surface area (Å²) < 4.78 is 1.99. The topological polar surface area (TPSA) is 54.3 Å². The van der Waals surface area contributed by atoms with Crippen molar-refractivity contribution in [3.8, 4) is 5.69 Å². The third-order valence-electron chi connectivity index (χ3n) is 4.44. The lowest BCUT2D eigenvalue weighted by Gasteiger charge is -2.15. The fourth-order valence-corrected chi connectivity index (χ4v) is 3.03. The van der Waals surface area contributed by atoms with Crippen LogP contribution in [-0.2, 0) is 4.79 Å². The molecule has 0 aliphatic carbocycles. The van der Waals surface area contributed by atoms with E-state index in [1.807, 2.05) is 59.1 Å². The second-order valence-electron chi connectivity index (χ2n) is 6.19. The molecule has 3 rings (SSSR count). The predicted molar refractivity (Wildman–Crippen MR) is 93.3 cm³/mol. The number of nitrogens with zero attached hydrogens (tertiary/aromatic N) is 2. The number of benzene rings is 1. The standard InChI is InChI=1S/C19H23N3O2/c1-15-6-7-16(14-17(15)21-10-2-3-11-21)19(24)20-9-8-18(23)22-12-4-5-13-22/h2-3,6-7,10-11,14H,4-5,8-9,12-13H2,1H3,(H,20,24). The van der Waals surface area contributed by atoms with Crippen LogP contribution in [0.15, 0.2) is 42.7 Å². The van der Waals surface area contributed by atoms with E-state index in [2.05, 4.69) is 5.32 Å². The van der Waals surface area contributed by atoms with E-state index in [0.717, 1.165) is 37.2 Å². The summed E-state index contributed by atoms with van der Waals surface area (Å²) in [4.78, 5) is 26.2. The van der Waals surface area contributed by atoms with Gasteiger partial charge >= 0.3 is 0 Å². The third-order valence-corrected chi connectivity index (χ3v) is 4.44. The summed E-state index contributed by atoms with van der Waals surface area (Å²) >= 11 is 0. The monoisotopic (exact) mass is 325 g/mol. The van der Waals surface area contributed by atoms with E-state index in [4.69, 9.17) is 0 Å². The number of likely N-dealkylation sites (tertiary alicyclic amines) is 1. The molecule has 0 atom stereocenters. The van der Waals surface area contributed by atoms with Crippen LogP contribution in [0.5, 0.6) is 0 Å². The van der Waals surface area contributed by atoms with Crippen molar-refractivity contribution in [2.45, 2.75) is 26.2 Å². The molecule has 5 nitrogen and oxygen atoms in total. The van der Waals surface area contributed by atoms with Crippen molar-refractivity contribution in [2.75, 3.05) is 19.6 Å². The molecule has 0 radical (unpaired) electrons. The van der Waals surface area contributed by atoms with Gasteiger partial charge in [0, 0.05) is 49.7 Å². The molecule has 0 spiro atoms. The van der Waals surface area contributed by atoms with Crippen LogP contribution >= 0.6 is 0 Å². The Bertz CT molecular complexity index is 716. The number of carbonyl (C=O) groups excluding carboxylic acids is 2. The maximum atomic E-state index is 12.3. The SMILES string of the molecule is Cc1ccc(C(=O)NCCC(=O)N2CCCC2)cc1-n1cccc1. The molecule has 2 amide bonds. The largest absolute Gasteiger partial charge is 0.352 e. The second kappa shape index (κ2) is 7.34. The Hall–Kier alpha value is -2.56. The summed E-state index contributed by atoms with van der Waals surface area (Å²) in [6, 6.07) is 9.55. The molecule has 0 bridgehead atoms. The van der Waals surface area contributed by atoms with Crippen LogP contribution < -0.4 is 5.32 Å². The molecule has 1 aromatic heterocycles. The van der Waals surface area contributed by atoms with Crippen LogP contribution in [-0.4, -0.2) is 40.9 Å². The Labute approximate surface area is 142 Å². The van der Waals surface area contributed by atoms with Crippen molar-refractivity contribution < 1.29 is 9.59 Å². The van der Waals surface area contributed by atoms with Crippen LogP contribution in [0.25, 0.3) is 5.69 Å². The molecule has 1 aliphatic rings. The molecule has 0 saturated carbocycles. The fourth-order valence-electron chi connectivity index (χ4n) is 3.03. The summed E-state index contributed by atoms with van der Waals surface area (Å²) in [7, 11) is 0. The van der Waals surface area contributed by atoms with Gasteiger partial charge < -0.3 is 14.8 Å². The van der Waals surface area contributed by atoms with Crippen LogP contribution in [0.2, 0.25) is 0 Å². The van der Waals surface area contributed by atoms with Crippen molar-refractivity contribution in [1.29, 1.82) is 0 Å². The number of rotatable bonds is 5. The Morgan fingerprint density at radius 2 is 1.83 bits per heavy atom. The zero-order chi connectivity index (χ0) is 16.9. The molecular formula is C19H23N3O2. The molecular weight excluding hydrogens is 302 g/mol. The molecule has 126 valence electrons. The lowest BCUT2D eigenvalue weighted by atomic mass is 10.1. The quantitative estimate of drug-likeness (QED) is 0.918. The van der Waals surface area contributed by atoms with Gasteiger partial charge in [-0.05, 0) is 49.6 Å². The minimum Gasteiger partial charge on any atom is -0.352 e. The first-order chi connectivity index (χ1) is 11.6. The normalized spacial score (nSPS) is 14.0. The van der Waals surface area contributed by atoms with Crippen molar-refractivity contribution in [1.82, 2.24) is 14.8 Å². The Kier molecular flexibility index (Phi) is 4.99. The van der Waals surface area contributed by atoms with E-state index in [1.54, 1.807) is 0 Å². The number of hydrogen-bond donors (Lipinski definition) is 1. The van der Waals surface area contributed by atoms with Gasteiger partial charge in [0.15, 0.2) is 0 Å². The van der Waals surface area contributed by atoms with Gasteiger partial charge in [0.2, 0.25) is 5.91 Å². The van der Waals surface area contributed by atoms with Crippen molar-refractivity contribution in [2.24, 2.45) is 0 Å². The minimum absolute atomic E-state index is 0.129. The van der Waals surface area contributed by atoms with Crippen molar-refractivity contribution in [3.63, 3.8) is 0 Å². The highest BCUT2D eigenvalue weighted by atomic mass is 16.2. The van der Waals surface area contributed by atoms with Gasteiger partial charge in [-0.15, -0.1) is 0 Å². The molecule has 1 aliphatic heterocycles. The van der Waals surface area contributed by atoms with Crippen LogP contribution in [0.3, 0.4) is 0 Å². The van der Waals surface area contributed by atoms with Crippen molar-refractivity contribution in [3.05, 3.63) is 53.9 Å². The second-order valence-corrected chi connectivity index (χ2v) is 6.19. The molecule has 24 heavy (non-hydrogen) atoms. The Morgan fingerprint density at radius 3 is 2.54 bits per heavy atom. The van der Waals surface area contributed by atoms with Gasteiger partial charge in [-0.25, -0.2) is 0 Å². The summed E-state index contributed by atoms with van der Waals surface area (Å²) in [6.07, 6.45) is 6.45. The van der Waals surface area contributed by atoms with E-state index in [1.165, 1.54) is 0 Å². The smallest absolute Gasteiger partial charge is 0.251 e. The highest BCUT2D eigenvalue weighted by molar-refractivity contribution is 5.95. The van der Waals surface area contributed by atoms with Crippen LogP contribution in [0.4, 0.5) is 0 Å². The number of amides is 2. The number of aryl methyl sites for hydroxylation is 1. The zero-order valence-corrected chi connectivity index (χ0v) is 14.0. The summed E-state index contributed by atoms with van der Waals surface area (Å²) in [5.41, 5.74) is 2.70. The highest BCUT2D eigenvalue weighted by Gasteiger charge is 2.17. The van der Waals surface area contributed by atoms with E-state index in [0.29, 0.717) is 18.5 Å². The van der Waals surface area contributed by atoms with E-state index in [-0.39, 0.29) is 11.8 Å². The molecule has 2 heterocycles. The number of hydrogen-bond acceptors (Lipinski definition) is 2. The number of aromatic nitrogens is 1. The van der Waals surface area contributed by atoms with E-state index in [9.17, 15) is 9.59 Å². The molecule has 1 N–H and O–H groups in total. The van der Waals surface area contributed by atoms with Gasteiger partial charge in [0.25, 0.3) is 5.91 Å². The third kappa shape index (κ3) is 3.67. The molecule has 1 saturated heterocycles. The Morgan fingerprint density at radius 1 is 1.12 bits per heavy atom. The molecule has 5 heteroatoms. The summed E-state index contributed by atoms with van der Waals surface area (Å²) in [6.45, 7) is 4.10. The van der Waals surface area contributed by atoms with Gasteiger partial charge in [0.1, 0.15) is 0 Å². The molecule has 2 aromatic rings. The molecule has 1 fully saturated rings. The average molecular weight is 325 g/mol. The van der Waals surface area contributed by atoms with Gasteiger partial charge in [-0.3, -0.25) is 9.59 Å². The number of carbonyl (C=O) groups is 2. The van der Waals surface area contributed by atoms with Crippen LogP contribution in [0.1, 0.15) is 35.2 Å². The summed E-state index contributed by atoms with van der Waals surface area (Å²) in [5.74, 6) is -0.0117. The maximum absolute atomic E-state index is 12.3. The Balaban J connectivity index is 1.59. The minimum atomic E-state index is -0.141. The molecule has 0 unspecified atom stereocenters. The van der Waals surface area contributed by atoms with Crippen LogP contribution in [0, 0.1) is 6.92 Å². The van der Waals surface area contributed by atoms with Gasteiger partial charge in [0.05, 0.1) is 0 Å². The first-order valence-electron chi connectivity index (χ1n) is 8.45. The van der Waals surface area contributed by atoms with E-state index >= 15 is 0 Å². The first-order valence-corrected chi connectivity index (χ1v) is 8.45.